The van der Waals surface area contributed by atoms with Crippen molar-refractivity contribution in [1.82, 2.24) is 0 Å². The van der Waals surface area contributed by atoms with Crippen molar-refractivity contribution in [1.29, 1.82) is 0 Å². The van der Waals surface area contributed by atoms with E-state index in [2.05, 4.69) is 30.3 Å². The molecule has 2 aromatic rings. The summed E-state index contributed by atoms with van der Waals surface area (Å²) in [6, 6.07) is 14.5. The van der Waals surface area contributed by atoms with Crippen molar-refractivity contribution in [3.63, 3.8) is 0 Å². The van der Waals surface area contributed by atoms with E-state index < -0.39 is 11.0 Å². The molecule has 1 aliphatic heterocycles. The predicted molar refractivity (Wildman–Crippen MR) is 115 cm³/mol. The van der Waals surface area contributed by atoms with E-state index in [9.17, 15) is 4.79 Å². The Bertz CT molecular complexity index is 896. The fourth-order valence-electron chi connectivity index (χ4n) is 3.59. The average Bonchev–Trinajstić information content (AvgIpc) is 2.88. The maximum Gasteiger partial charge on any atom is 0.316 e. The molecule has 0 aromatic heterocycles. The number of rotatable bonds is 4. The zero-order chi connectivity index (χ0) is 20.2. The van der Waals surface area contributed by atoms with Crippen molar-refractivity contribution in [3.05, 3.63) is 66.3 Å². The summed E-state index contributed by atoms with van der Waals surface area (Å²) in [5.74, 6) is 0.674. The van der Waals surface area contributed by atoms with Gasteiger partial charge in [0.2, 0.25) is 0 Å². The van der Waals surface area contributed by atoms with E-state index in [-0.39, 0.29) is 5.97 Å². The summed E-state index contributed by atoms with van der Waals surface area (Å²) in [6.45, 7) is 8.02. The van der Waals surface area contributed by atoms with Gasteiger partial charge in [-0.2, -0.15) is 0 Å². The minimum Gasteiger partial charge on any atom is -0.492 e. The van der Waals surface area contributed by atoms with Gasteiger partial charge in [0.05, 0.1) is 0 Å². The van der Waals surface area contributed by atoms with Crippen LogP contribution in [0.1, 0.15) is 52.5 Å². The zero-order valence-electron chi connectivity index (χ0n) is 17.3. The Hall–Kier alpha value is -2.55. The van der Waals surface area contributed by atoms with Gasteiger partial charge in [-0.3, -0.25) is 4.79 Å². The SMILES string of the molecule is CC=CCC1(C(=O)OC(C)(C)C)CCC=C(c2cccc3ccccc23)OC1. The molecule has 0 spiro atoms. The third-order valence-corrected chi connectivity index (χ3v) is 5.09. The van der Waals surface area contributed by atoms with Crippen LogP contribution in [-0.4, -0.2) is 18.2 Å². The average molecular weight is 379 g/mol. The Morgan fingerprint density at radius 2 is 1.93 bits per heavy atom. The number of carbonyl (C=O) groups excluding carboxylic acids is 1. The van der Waals surface area contributed by atoms with Gasteiger partial charge in [-0.25, -0.2) is 0 Å². The molecule has 2 aromatic carbocycles. The summed E-state index contributed by atoms with van der Waals surface area (Å²) in [4.78, 5) is 13.1. The molecule has 0 saturated heterocycles. The molecule has 1 heterocycles. The van der Waals surface area contributed by atoms with E-state index in [1.165, 1.54) is 5.39 Å². The Kier molecular flexibility index (Phi) is 5.93. The molecule has 0 aliphatic carbocycles. The number of hydrogen-bond acceptors (Lipinski definition) is 3. The molecule has 28 heavy (non-hydrogen) atoms. The highest BCUT2D eigenvalue weighted by molar-refractivity contribution is 5.92. The van der Waals surface area contributed by atoms with Gasteiger partial charge in [0.15, 0.2) is 0 Å². The van der Waals surface area contributed by atoms with Crippen molar-refractivity contribution in [2.75, 3.05) is 6.61 Å². The Morgan fingerprint density at radius 1 is 1.18 bits per heavy atom. The quantitative estimate of drug-likeness (QED) is 0.463. The second-order valence-electron chi connectivity index (χ2n) is 8.48. The molecule has 1 aliphatic rings. The monoisotopic (exact) mass is 378 g/mol. The highest BCUT2D eigenvalue weighted by Gasteiger charge is 2.42. The molecule has 3 rings (SSSR count). The van der Waals surface area contributed by atoms with Gasteiger partial charge in [0.25, 0.3) is 0 Å². The first-order chi connectivity index (χ1) is 13.3. The normalized spacial score (nSPS) is 20.5. The first kappa shape index (κ1) is 20.2. The maximum absolute atomic E-state index is 13.1. The van der Waals surface area contributed by atoms with Crippen molar-refractivity contribution >= 4 is 22.5 Å². The lowest BCUT2D eigenvalue weighted by atomic mass is 9.80. The van der Waals surface area contributed by atoms with Crippen LogP contribution in [0.3, 0.4) is 0 Å². The van der Waals surface area contributed by atoms with Crippen LogP contribution in [0.4, 0.5) is 0 Å². The molecular formula is C25H30O3. The molecule has 0 saturated carbocycles. The number of carbonyl (C=O) groups is 1. The van der Waals surface area contributed by atoms with E-state index >= 15 is 0 Å². The van der Waals surface area contributed by atoms with Crippen LogP contribution in [0.5, 0.6) is 0 Å². The molecule has 1 unspecified atom stereocenters. The number of benzene rings is 2. The first-order valence-electron chi connectivity index (χ1n) is 10.0. The molecule has 0 amide bonds. The van der Waals surface area contributed by atoms with Crippen molar-refractivity contribution in [2.45, 2.75) is 52.6 Å². The van der Waals surface area contributed by atoms with Crippen molar-refractivity contribution in [2.24, 2.45) is 5.41 Å². The van der Waals surface area contributed by atoms with Crippen LogP contribution in [0.2, 0.25) is 0 Å². The van der Waals surface area contributed by atoms with Gasteiger partial charge in [0.1, 0.15) is 23.4 Å². The van der Waals surface area contributed by atoms with Gasteiger partial charge in [0, 0.05) is 5.56 Å². The first-order valence-corrected chi connectivity index (χ1v) is 10.0. The van der Waals surface area contributed by atoms with Crippen LogP contribution in [0.25, 0.3) is 16.5 Å². The second kappa shape index (κ2) is 8.22. The van der Waals surface area contributed by atoms with E-state index in [4.69, 9.17) is 9.47 Å². The van der Waals surface area contributed by atoms with E-state index in [1.54, 1.807) is 0 Å². The minimum atomic E-state index is -0.664. The Morgan fingerprint density at radius 3 is 2.68 bits per heavy atom. The van der Waals surface area contributed by atoms with E-state index in [0.717, 1.165) is 23.1 Å². The molecule has 0 N–H and O–H groups in total. The smallest absolute Gasteiger partial charge is 0.316 e. The lowest BCUT2D eigenvalue weighted by Gasteiger charge is -2.32. The Balaban J connectivity index is 1.89. The molecule has 1 atom stereocenters. The molecule has 0 fully saturated rings. The molecule has 3 nitrogen and oxygen atoms in total. The fraction of sp³-hybridized carbons (Fsp3) is 0.400. The summed E-state index contributed by atoms with van der Waals surface area (Å²) in [5.41, 5.74) is -0.106. The largest absolute Gasteiger partial charge is 0.492 e. The van der Waals surface area contributed by atoms with Crippen LogP contribution in [0.15, 0.2) is 60.7 Å². The maximum atomic E-state index is 13.1. The molecule has 0 radical (unpaired) electrons. The molecule has 148 valence electrons. The summed E-state index contributed by atoms with van der Waals surface area (Å²) >= 11 is 0. The number of ether oxygens (including phenoxy) is 2. The van der Waals surface area contributed by atoms with Crippen LogP contribution < -0.4 is 0 Å². The minimum absolute atomic E-state index is 0.175. The summed E-state index contributed by atoms with van der Waals surface area (Å²) in [7, 11) is 0. The van der Waals surface area contributed by atoms with Crippen molar-refractivity contribution in [3.8, 4) is 0 Å². The highest BCUT2D eigenvalue weighted by atomic mass is 16.6. The predicted octanol–water partition coefficient (Wildman–Crippen LogP) is 6.29. The zero-order valence-corrected chi connectivity index (χ0v) is 17.3. The van der Waals surface area contributed by atoms with E-state index in [1.807, 2.05) is 58.0 Å². The molecular weight excluding hydrogens is 348 g/mol. The van der Waals surface area contributed by atoms with Gasteiger partial charge in [-0.1, -0.05) is 54.6 Å². The molecule has 0 bridgehead atoms. The van der Waals surface area contributed by atoms with Crippen LogP contribution >= 0.6 is 0 Å². The van der Waals surface area contributed by atoms with Crippen molar-refractivity contribution < 1.29 is 14.3 Å². The lowest BCUT2D eigenvalue weighted by molar-refractivity contribution is -0.170. The number of allylic oxidation sites excluding steroid dienone is 3. The second-order valence-corrected chi connectivity index (χ2v) is 8.48. The Labute approximate surface area is 168 Å². The van der Waals surface area contributed by atoms with Gasteiger partial charge in [-0.05, 0) is 63.8 Å². The van der Waals surface area contributed by atoms with Gasteiger partial charge >= 0.3 is 5.97 Å². The standard InChI is InChI=1S/C25H30O3/c1-5-6-16-25(23(26)28-24(2,3)4)17-10-15-22(27-18-25)21-14-9-12-19-11-7-8-13-20(19)21/h5-9,11-15H,10,16-18H2,1-4H3. The molecule has 3 heteroatoms. The number of fused-ring (bicyclic) bond motifs is 1. The van der Waals surface area contributed by atoms with Crippen LogP contribution in [-0.2, 0) is 14.3 Å². The third kappa shape index (κ3) is 4.46. The number of esters is 1. The van der Waals surface area contributed by atoms with Crippen LogP contribution in [0, 0.1) is 5.41 Å². The third-order valence-electron chi connectivity index (χ3n) is 5.09. The van der Waals surface area contributed by atoms with Gasteiger partial charge in [-0.15, -0.1) is 0 Å². The highest BCUT2D eigenvalue weighted by Crippen LogP contribution is 2.38. The summed E-state index contributed by atoms with van der Waals surface area (Å²) < 4.78 is 12.0. The fourth-order valence-corrected chi connectivity index (χ4v) is 3.59. The lowest BCUT2D eigenvalue weighted by Crippen LogP contribution is -2.40. The summed E-state index contributed by atoms with van der Waals surface area (Å²) in [5, 5.41) is 2.34. The topological polar surface area (TPSA) is 35.5 Å². The van der Waals surface area contributed by atoms with E-state index in [0.29, 0.717) is 19.4 Å². The van der Waals surface area contributed by atoms with Gasteiger partial charge < -0.3 is 9.47 Å². The number of hydrogen-bond donors (Lipinski definition) is 0. The summed E-state index contributed by atoms with van der Waals surface area (Å²) in [6.07, 6.45) is 8.24.